The number of likely N-dealkylation sites (tertiary alicyclic amines) is 1. The number of likely N-dealkylation sites (N-methyl/N-ethyl adjacent to an activating group) is 1. The molecular formula is C23H24ClNO6. The molecule has 7 nitrogen and oxygen atoms in total. The number of fused-ring (bicyclic) bond motifs is 1. The van der Waals surface area contributed by atoms with Crippen LogP contribution >= 0.6 is 11.6 Å². The van der Waals surface area contributed by atoms with Crippen molar-refractivity contribution in [1.29, 1.82) is 0 Å². The van der Waals surface area contributed by atoms with Gasteiger partial charge in [-0.25, -0.2) is 0 Å². The van der Waals surface area contributed by atoms with Gasteiger partial charge in [0.05, 0.1) is 31.4 Å². The molecule has 0 spiro atoms. The van der Waals surface area contributed by atoms with E-state index in [0.29, 0.717) is 40.8 Å². The zero-order valence-electron chi connectivity index (χ0n) is 17.6. The van der Waals surface area contributed by atoms with Crippen LogP contribution < -0.4 is 19.6 Å². The number of rotatable bonds is 5. The first kappa shape index (κ1) is 21.5. The minimum atomic E-state index is -0.650. The lowest BCUT2D eigenvalue weighted by Crippen LogP contribution is -2.40. The van der Waals surface area contributed by atoms with E-state index in [4.69, 9.17) is 30.2 Å². The Morgan fingerprint density at radius 2 is 1.87 bits per heavy atom. The molecule has 31 heavy (non-hydrogen) atoms. The van der Waals surface area contributed by atoms with Gasteiger partial charge in [0.25, 0.3) is 5.95 Å². The molecule has 4 rings (SSSR count). The molecular weight excluding hydrogens is 422 g/mol. The summed E-state index contributed by atoms with van der Waals surface area (Å²) < 4.78 is 22.9. The molecule has 1 aliphatic heterocycles. The summed E-state index contributed by atoms with van der Waals surface area (Å²) in [6, 6.07) is 9.83. The highest BCUT2D eigenvalue weighted by Crippen LogP contribution is 2.43. The molecule has 2 atom stereocenters. The second-order valence-electron chi connectivity index (χ2n) is 7.59. The van der Waals surface area contributed by atoms with Gasteiger partial charge in [0.1, 0.15) is 22.6 Å². The average Bonchev–Trinajstić information content (AvgIpc) is 2.74. The van der Waals surface area contributed by atoms with Crippen molar-refractivity contribution in [3.05, 3.63) is 57.2 Å². The van der Waals surface area contributed by atoms with Gasteiger partial charge in [-0.1, -0.05) is 23.7 Å². The van der Waals surface area contributed by atoms with Gasteiger partial charge in [-0.15, -0.1) is 0 Å². The van der Waals surface area contributed by atoms with Crippen LogP contribution in [0.1, 0.15) is 17.9 Å². The van der Waals surface area contributed by atoms with Gasteiger partial charge in [-0.05, 0) is 32.1 Å². The molecule has 1 N–H and O–H groups in total. The number of piperidine rings is 1. The van der Waals surface area contributed by atoms with Gasteiger partial charge >= 0.3 is 0 Å². The molecule has 0 aliphatic carbocycles. The SMILES string of the molecule is COc1cc(OC)c2c(=O)cc(Oc3ccccc3Cl)oc2c1C1CCN(C)CC1O. The molecule has 164 valence electrons. The molecule has 1 saturated heterocycles. The average molecular weight is 446 g/mol. The quantitative estimate of drug-likeness (QED) is 0.634. The Morgan fingerprint density at radius 1 is 1.13 bits per heavy atom. The van der Waals surface area contributed by atoms with E-state index >= 15 is 0 Å². The maximum absolute atomic E-state index is 13.1. The van der Waals surface area contributed by atoms with Crippen molar-refractivity contribution in [1.82, 2.24) is 4.90 Å². The largest absolute Gasteiger partial charge is 0.496 e. The summed E-state index contributed by atoms with van der Waals surface area (Å²) in [6.07, 6.45) is 0.0251. The van der Waals surface area contributed by atoms with Crippen LogP contribution in [-0.2, 0) is 0 Å². The number of aliphatic hydroxyl groups is 1. The Bertz CT molecular complexity index is 1160. The van der Waals surface area contributed by atoms with Gasteiger partial charge in [0.2, 0.25) is 0 Å². The fourth-order valence-corrected chi connectivity index (χ4v) is 4.24. The maximum Gasteiger partial charge on any atom is 0.294 e. The van der Waals surface area contributed by atoms with Gasteiger partial charge < -0.3 is 28.6 Å². The van der Waals surface area contributed by atoms with Crippen LogP contribution in [-0.4, -0.2) is 50.5 Å². The van der Waals surface area contributed by atoms with E-state index in [1.54, 1.807) is 30.3 Å². The highest BCUT2D eigenvalue weighted by atomic mass is 35.5. The van der Waals surface area contributed by atoms with E-state index in [-0.39, 0.29) is 28.3 Å². The predicted octanol–water partition coefficient (Wildman–Crippen LogP) is 4.04. The Hall–Kier alpha value is -2.74. The summed E-state index contributed by atoms with van der Waals surface area (Å²) in [5.41, 5.74) is 0.575. The van der Waals surface area contributed by atoms with Crippen molar-refractivity contribution in [2.45, 2.75) is 18.4 Å². The topological polar surface area (TPSA) is 81.4 Å². The summed E-state index contributed by atoms with van der Waals surface area (Å²) >= 11 is 6.19. The highest BCUT2D eigenvalue weighted by molar-refractivity contribution is 6.32. The monoisotopic (exact) mass is 445 g/mol. The number of ether oxygens (including phenoxy) is 3. The molecule has 2 unspecified atom stereocenters. The Kier molecular flexibility index (Phi) is 6.09. The van der Waals surface area contributed by atoms with Crippen molar-refractivity contribution in [3.63, 3.8) is 0 Å². The summed E-state index contributed by atoms with van der Waals surface area (Å²) in [5, 5.41) is 11.5. The first-order valence-corrected chi connectivity index (χ1v) is 10.3. The molecule has 0 bridgehead atoms. The van der Waals surface area contributed by atoms with Crippen LogP contribution in [0, 0.1) is 0 Å². The highest BCUT2D eigenvalue weighted by Gasteiger charge is 2.33. The third-order valence-corrected chi connectivity index (χ3v) is 5.90. The number of benzene rings is 2. The van der Waals surface area contributed by atoms with Crippen molar-refractivity contribution < 1.29 is 23.7 Å². The zero-order valence-corrected chi connectivity index (χ0v) is 18.3. The number of methoxy groups -OCH3 is 2. The van der Waals surface area contributed by atoms with Gasteiger partial charge in [0.15, 0.2) is 11.0 Å². The van der Waals surface area contributed by atoms with Crippen LogP contribution in [0.4, 0.5) is 0 Å². The van der Waals surface area contributed by atoms with Crippen LogP contribution in [0.15, 0.2) is 45.6 Å². The molecule has 0 saturated carbocycles. The van der Waals surface area contributed by atoms with E-state index in [2.05, 4.69) is 4.90 Å². The van der Waals surface area contributed by atoms with Crippen LogP contribution in [0.3, 0.4) is 0 Å². The standard InChI is InChI=1S/C23H24ClNO6/c1-25-9-8-13(16(27)12-25)21-18(28-2)11-19(29-3)22-15(26)10-20(31-23(21)22)30-17-7-5-4-6-14(17)24/h4-7,10-11,13,16,27H,8-9,12H2,1-3H3. The number of hydrogen-bond acceptors (Lipinski definition) is 7. The molecule has 0 radical (unpaired) electrons. The Labute approximate surface area is 184 Å². The van der Waals surface area contributed by atoms with Gasteiger partial charge in [0, 0.05) is 24.1 Å². The van der Waals surface area contributed by atoms with Crippen LogP contribution in [0.2, 0.25) is 5.02 Å². The second-order valence-corrected chi connectivity index (χ2v) is 7.99. The summed E-state index contributed by atoms with van der Waals surface area (Å²) in [5.74, 6) is 0.886. The van der Waals surface area contributed by atoms with Crippen molar-refractivity contribution >= 4 is 22.6 Å². The smallest absolute Gasteiger partial charge is 0.294 e. The first-order valence-electron chi connectivity index (χ1n) is 9.94. The lowest BCUT2D eigenvalue weighted by atomic mass is 9.85. The van der Waals surface area contributed by atoms with E-state index in [9.17, 15) is 9.90 Å². The number of aliphatic hydroxyl groups excluding tert-OH is 1. The number of halogens is 1. The number of β-amino-alcohol motifs (C(OH)–C–C–N with tert-alkyl or cyclic N) is 1. The molecule has 3 aromatic rings. The molecule has 2 heterocycles. The first-order chi connectivity index (χ1) is 14.9. The third kappa shape index (κ3) is 4.08. The minimum absolute atomic E-state index is 0.00965. The van der Waals surface area contributed by atoms with Gasteiger partial charge in [-0.2, -0.15) is 0 Å². The third-order valence-electron chi connectivity index (χ3n) is 5.59. The van der Waals surface area contributed by atoms with E-state index in [0.717, 1.165) is 6.54 Å². The molecule has 0 amide bonds. The second kappa shape index (κ2) is 8.78. The lowest BCUT2D eigenvalue weighted by molar-refractivity contribution is 0.0630. The Balaban J connectivity index is 1.93. The van der Waals surface area contributed by atoms with E-state index < -0.39 is 6.10 Å². The van der Waals surface area contributed by atoms with E-state index in [1.165, 1.54) is 20.3 Å². The summed E-state index contributed by atoms with van der Waals surface area (Å²) in [7, 11) is 4.97. The van der Waals surface area contributed by atoms with E-state index in [1.807, 2.05) is 7.05 Å². The minimum Gasteiger partial charge on any atom is -0.496 e. The lowest BCUT2D eigenvalue weighted by Gasteiger charge is -2.34. The summed E-state index contributed by atoms with van der Waals surface area (Å²) in [4.78, 5) is 15.1. The number of para-hydroxylation sites is 1. The molecule has 2 aromatic carbocycles. The molecule has 1 aliphatic rings. The molecule has 1 fully saturated rings. The molecule has 1 aromatic heterocycles. The summed E-state index contributed by atoms with van der Waals surface area (Å²) in [6.45, 7) is 1.29. The molecule has 8 heteroatoms. The van der Waals surface area contributed by atoms with Crippen LogP contribution in [0.25, 0.3) is 11.0 Å². The fraction of sp³-hybridized carbons (Fsp3) is 0.348. The van der Waals surface area contributed by atoms with Crippen molar-refractivity contribution in [3.8, 4) is 23.2 Å². The normalized spacial score (nSPS) is 19.4. The van der Waals surface area contributed by atoms with Crippen molar-refractivity contribution in [2.24, 2.45) is 0 Å². The number of hydrogen-bond donors (Lipinski definition) is 1. The predicted molar refractivity (Wildman–Crippen MR) is 118 cm³/mol. The maximum atomic E-state index is 13.1. The van der Waals surface area contributed by atoms with Gasteiger partial charge in [-0.3, -0.25) is 4.79 Å². The van der Waals surface area contributed by atoms with Crippen LogP contribution in [0.5, 0.6) is 23.2 Å². The number of nitrogens with zero attached hydrogens (tertiary/aromatic N) is 1. The zero-order chi connectivity index (χ0) is 22.1. The van der Waals surface area contributed by atoms with Crippen molar-refractivity contribution in [2.75, 3.05) is 34.4 Å². The fourth-order valence-electron chi connectivity index (χ4n) is 4.07. The Morgan fingerprint density at radius 3 is 2.55 bits per heavy atom.